The number of hydrogen-bond acceptors (Lipinski definition) is 3. The lowest BCUT2D eigenvalue weighted by atomic mass is 9.84. The molecular formula is C31H34N4O2. The second kappa shape index (κ2) is 11.0. The van der Waals surface area contributed by atoms with E-state index in [-0.39, 0.29) is 24.4 Å². The van der Waals surface area contributed by atoms with E-state index in [1.807, 2.05) is 65.5 Å². The molecule has 0 N–H and O–H groups in total. The molecule has 2 amide bonds. The fourth-order valence-corrected chi connectivity index (χ4v) is 5.51. The molecular weight excluding hydrogens is 460 g/mol. The number of amides is 2. The number of nitrogens with zero attached hydrogens (tertiary/aromatic N) is 4. The van der Waals surface area contributed by atoms with Crippen molar-refractivity contribution < 1.29 is 9.59 Å². The predicted molar refractivity (Wildman–Crippen MR) is 146 cm³/mol. The lowest BCUT2D eigenvalue weighted by Crippen LogP contribution is -2.49. The molecule has 6 nitrogen and oxygen atoms in total. The van der Waals surface area contributed by atoms with Crippen molar-refractivity contribution in [2.24, 2.45) is 5.92 Å². The Morgan fingerprint density at radius 1 is 0.973 bits per heavy atom. The summed E-state index contributed by atoms with van der Waals surface area (Å²) in [5, 5.41) is 6.43. The van der Waals surface area contributed by atoms with Gasteiger partial charge in [-0.2, -0.15) is 5.10 Å². The van der Waals surface area contributed by atoms with Gasteiger partial charge in [-0.15, -0.1) is 0 Å². The Hall–Kier alpha value is -3.93. The maximum Gasteiger partial charge on any atom is 0.253 e. The fourth-order valence-electron chi connectivity index (χ4n) is 5.51. The van der Waals surface area contributed by atoms with Gasteiger partial charge in [0.25, 0.3) is 5.91 Å². The van der Waals surface area contributed by atoms with E-state index in [2.05, 4.69) is 42.4 Å². The smallest absolute Gasteiger partial charge is 0.253 e. The van der Waals surface area contributed by atoms with Gasteiger partial charge in [-0.05, 0) is 72.2 Å². The molecule has 1 saturated heterocycles. The molecule has 190 valence electrons. The first kappa shape index (κ1) is 24.8. The van der Waals surface area contributed by atoms with Gasteiger partial charge in [0.05, 0.1) is 0 Å². The summed E-state index contributed by atoms with van der Waals surface area (Å²) in [6.07, 6.45) is 6.06. The van der Waals surface area contributed by atoms with Crippen LogP contribution in [0.15, 0.2) is 85.2 Å². The number of carbonyl (C=O) groups excluding carboxylic acids is 2. The summed E-state index contributed by atoms with van der Waals surface area (Å²) >= 11 is 0. The normalized spacial score (nSPS) is 15.0. The number of likely N-dealkylation sites (tertiary alicyclic amines) is 1. The van der Waals surface area contributed by atoms with E-state index in [1.54, 1.807) is 10.9 Å². The summed E-state index contributed by atoms with van der Waals surface area (Å²) < 4.78 is 1.68. The molecule has 3 aromatic carbocycles. The van der Waals surface area contributed by atoms with Gasteiger partial charge in [0.15, 0.2) is 0 Å². The van der Waals surface area contributed by atoms with Crippen LogP contribution in [0.1, 0.15) is 34.3 Å². The monoisotopic (exact) mass is 494 g/mol. The molecule has 0 spiro atoms. The van der Waals surface area contributed by atoms with Crippen LogP contribution >= 0.6 is 0 Å². The molecule has 5 rings (SSSR count). The Bertz CT molecular complexity index is 1370. The third-order valence-electron chi connectivity index (χ3n) is 7.81. The van der Waals surface area contributed by atoms with Crippen LogP contribution < -0.4 is 0 Å². The Labute approximate surface area is 218 Å². The highest BCUT2D eigenvalue weighted by molar-refractivity contribution is 5.98. The zero-order valence-electron chi connectivity index (χ0n) is 21.6. The number of carbonyl (C=O) groups is 2. The molecule has 1 aromatic heterocycles. The Morgan fingerprint density at radius 2 is 1.70 bits per heavy atom. The third-order valence-corrected chi connectivity index (χ3v) is 7.81. The number of hydrogen-bond donors (Lipinski definition) is 0. The molecule has 2 heterocycles. The highest BCUT2D eigenvalue weighted by atomic mass is 16.2. The number of fused-ring (bicyclic) bond motifs is 1. The van der Waals surface area contributed by atoms with Crippen molar-refractivity contribution in [3.63, 3.8) is 0 Å². The van der Waals surface area contributed by atoms with Crippen molar-refractivity contribution >= 4 is 22.6 Å². The third kappa shape index (κ3) is 5.58. The quantitative estimate of drug-likeness (QED) is 0.365. The zero-order valence-corrected chi connectivity index (χ0v) is 21.6. The largest absolute Gasteiger partial charge is 0.341 e. The van der Waals surface area contributed by atoms with Crippen molar-refractivity contribution in [3.05, 3.63) is 102 Å². The number of rotatable bonds is 7. The maximum absolute atomic E-state index is 13.3. The summed E-state index contributed by atoms with van der Waals surface area (Å²) in [6.45, 7) is 3.75. The van der Waals surface area contributed by atoms with Gasteiger partial charge in [-0.25, -0.2) is 0 Å². The van der Waals surface area contributed by atoms with Gasteiger partial charge in [0, 0.05) is 44.1 Å². The molecule has 37 heavy (non-hydrogen) atoms. The summed E-state index contributed by atoms with van der Waals surface area (Å²) in [6, 6.07) is 24.4. The minimum Gasteiger partial charge on any atom is -0.341 e. The number of aromatic nitrogens is 2. The number of aryl methyl sites for hydroxylation is 1. The summed E-state index contributed by atoms with van der Waals surface area (Å²) in [4.78, 5) is 30.4. The summed E-state index contributed by atoms with van der Waals surface area (Å²) in [7, 11) is 1.92. The van der Waals surface area contributed by atoms with Crippen LogP contribution in [-0.2, 0) is 17.8 Å². The van der Waals surface area contributed by atoms with Gasteiger partial charge < -0.3 is 9.80 Å². The molecule has 1 fully saturated rings. The van der Waals surface area contributed by atoms with Crippen LogP contribution in [0, 0.1) is 12.8 Å². The van der Waals surface area contributed by atoms with Gasteiger partial charge in [0.1, 0.15) is 6.54 Å². The first-order valence-corrected chi connectivity index (χ1v) is 13.1. The lowest BCUT2D eigenvalue weighted by Gasteiger charge is -2.40. The first-order chi connectivity index (χ1) is 18.0. The standard InChI is InChI=1S/C31H34N4O2/c1-23-8-3-4-10-26(23)21-29(33(2)30(36)22-35-17-7-16-32-35)25-14-18-34(19-15-25)31(37)28-13-12-24-9-5-6-11-27(24)20-28/h3-13,16-17,20,25,29H,14-15,18-19,21-22H2,1-2H3/t29-/m0/s1. The lowest BCUT2D eigenvalue weighted by molar-refractivity contribution is -0.134. The van der Waals surface area contributed by atoms with E-state index >= 15 is 0 Å². The van der Waals surface area contributed by atoms with Crippen molar-refractivity contribution in [1.82, 2.24) is 19.6 Å². The summed E-state index contributed by atoms with van der Waals surface area (Å²) in [5.74, 6) is 0.451. The Morgan fingerprint density at radius 3 is 2.43 bits per heavy atom. The molecule has 0 unspecified atom stereocenters. The number of likely N-dealkylation sites (N-methyl/N-ethyl adjacent to an activating group) is 1. The average Bonchev–Trinajstić information content (AvgIpc) is 3.45. The van der Waals surface area contributed by atoms with E-state index in [0.29, 0.717) is 19.0 Å². The van der Waals surface area contributed by atoms with Crippen LogP contribution in [0.25, 0.3) is 10.8 Å². The van der Waals surface area contributed by atoms with Crippen LogP contribution in [0.2, 0.25) is 0 Å². The van der Waals surface area contributed by atoms with Crippen molar-refractivity contribution in [2.75, 3.05) is 20.1 Å². The second-order valence-electron chi connectivity index (χ2n) is 10.1. The zero-order chi connectivity index (χ0) is 25.8. The minimum atomic E-state index is 0.0527. The topological polar surface area (TPSA) is 58.4 Å². The minimum absolute atomic E-state index is 0.0527. The van der Waals surface area contributed by atoms with Crippen LogP contribution in [-0.4, -0.2) is 57.6 Å². The SMILES string of the molecule is Cc1ccccc1C[C@@H](C1CCN(C(=O)c2ccc3ccccc3c2)CC1)N(C)C(=O)Cn1cccn1. The number of piperidine rings is 1. The predicted octanol–water partition coefficient (Wildman–Crippen LogP) is 4.97. The van der Waals surface area contributed by atoms with Crippen LogP contribution in [0.5, 0.6) is 0 Å². The average molecular weight is 495 g/mol. The van der Waals surface area contributed by atoms with E-state index in [1.165, 1.54) is 11.1 Å². The molecule has 1 atom stereocenters. The maximum atomic E-state index is 13.3. The first-order valence-electron chi connectivity index (χ1n) is 13.1. The molecule has 0 aliphatic carbocycles. The van der Waals surface area contributed by atoms with Gasteiger partial charge in [-0.1, -0.05) is 54.6 Å². The van der Waals surface area contributed by atoms with Crippen LogP contribution in [0.3, 0.4) is 0 Å². The molecule has 1 aliphatic heterocycles. The van der Waals surface area contributed by atoms with Crippen molar-refractivity contribution in [1.29, 1.82) is 0 Å². The molecule has 0 bridgehead atoms. The fraction of sp³-hybridized carbons (Fsp3) is 0.323. The molecule has 1 aliphatic rings. The second-order valence-corrected chi connectivity index (χ2v) is 10.1. The van der Waals surface area contributed by atoms with Crippen molar-refractivity contribution in [2.45, 2.75) is 38.8 Å². The van der Waals surface area contributed by atoms with Crippen molar-refractivity contribution in [3.8, 4) is 0 Å². The van der Waals surface area contributed by atoms with Gasteiger partial charge in [0.2, 0.25) is 5.91 Å². The highest BCUT2D eigenvalue weighted by Gasteiger charge is 2.33. The van der Waals surface area contributed by atoms with E-state index in [0.717, 1.165) is 35.6 Å². The Kier molecular flexibility index (Phi) is 7.35. The molecule has 0 saturated carbocycles. The molecule has 0 radical (unpaired) electrons. The van der Waals surface area contributed by atoms with E-state index < -0.39 is 0 Å². The van der Waals surface area contributed by atoms with Gasteiger partial charge >= 0.3 is 0 Å². The molecule has 6 heteroatoms. The number of benzene rings is 3. The molecule has 4 aromatic rings. The highest BCUT2D eigenvalue weighted by Crippen LogP contribution is 2.28. The van der Waals surface area contributed by atoms with Gasteiger partial charge in [-0.3, -0.25) is 14.3 Å². The summed E-state index contributed by atoms with van der Waals surface area (Å²) in [5.41, 5.74) is 3.24. The van der Waals surface area contributed by atoms with E-state index in [4.69, 9.17) is 0 Å². The van der Waals surface area contributed by atoms with E-state index in [9.17, 15) is 9.59 Å². The Balaban J connectivity index is 1.30. The van der Waals surface area contributed by atoms with Crippen LogP contribution in [0.4, 0.5) is 0 Å².